The van der Waals surface area contributed by atoms with E-state index in [1.165, 1.54) is 10.4 Å². The van der Waals surface area contributed by atoms with Crippen molar-refractivity contribution in [3.05, 3.63) is 17.3 Å². The monoisotopic (exact) mass is 152 g/mol. The van der Waals surface area contributed by atoms with Crippen LogP contribution in [-0.2, 0) is 7.05 Å². The minimum absolute atomic E-state index is 1.15. The lowest BCUT2D eigenvalue weighted by molar-refractivity contribution is 0.972. The topological polar surface area (TPSA) is 17.8 Å². The fraction of sp³-hybridized carbons (Fsp3) is 0.286. The van der Waals surface area contributed by atoms with Gasteiger partial charge in [-0.1, -0.05) is 0 Å². The van der Waals surface area contributed by atoms with Crippen molar-refractivity contribution in [2.24, 2.45) is 7.05 Å². The van der Waals surface area contributed by atoms with Crippen LogP contribution in [0.2, 0.25) is 0 Å². The maximum atomic E-state index is 4.24. The molecule has 0 atom stereocenters. The molecule has 0 aliphatic rings. The zero-order valence-electron chi connectivity index (χ0n) is 5.96. The van der Waals surface area contributed by atoms with E-state index < -0.39 is 0 Å². The van der Waals surface area contributed by atoms with Crippen LogP contribution in [0.4, 0.5) is 0 Å². The summed E-state index contributed by atoms with van der Waals surface area (Å²) in [6, 6.07) is 0. The van der Waals surface area contributed by atoms with Crippen molar-refractivity contribution in [2.45, 2.75) is 6.92 Å². The van der Waals surface area contributed by atoms with E-state index in [0.29, 0.717) is 0 Å². The van der Waals surface area contributed by atoms with Crippen LogP contribution >= 0.6 is 11.3 Å². The normalized spacial score (nSPS) is 11.0. The zero-order valence-corrected chi connectivity index (χ0v) is 6.77. The highest BCUT2D eigenvalue weighted by atomic mass is 32.1. The second-order valence-corrected chi connectivity index (χ2v) is 3.26. The van der Waals surface area contributed by atoms with Crippen LogP contribution in [-0.4, -0.2) is 9.55 Å². The van der Waals surface area contributed by atoms with E-state index in [4.69, 9.17) is 0 Å². The van der Waals surface area contributed by atoms with E-state index in [1.807, 2.05) is 12.6 Å². The first kappa shape index (κ1) is 5.92. The molecule has 0 saturated carbocycles. The summed E-state index contributed by atoms with van der Waals surface area (Å²) in [4.78, 5) is 5.50. The van der Waals surface area contributed by atoms with Crippen molar-refractivity contribution >= 4 is 21.7 Å². The molecule has 2 heterocycles. The molecule has 0 aliphatic heterocycles. The van der Waals surface area contributed by atoms with Crippen LogP contribution in [0.25, 0.3) is 10.3 Å². The van der Waals surface area contributed by atoms with E-state index in [1.54, 1.807) is 11.3 Å². The molecule has 0 radical (unpaired) electrons. The average molecular weight is 152 g/mol. The highest BCUT2D eigenvalue weighted by Gasteiger charge is 2.03. The van der Waals surface area contributed by atoms with Gasteiger partial charge >= 0.3 is 0 Å². The van der Waals surface area contributed by atoms with Crippen LogP contribution in [0.5, 0.6) is 0 Å². The second-order valence-electron chi connectivity index (χ2n) is 2.43. The SMILES string of the molecule is Cc1cn(C)c2scnc12. The third-order valence-corrected chi connectivity index (χ3v) is 2.55. The summed E-state index contributed by atoms with van der Waals surface area (Å²) in [5.41, 5.74) is 4.30. The van der Waals surface area contributed by atoms with Crippen molar-refractivity contribution in [2.75, 3.05) is 0 Å². The molecular weight excluding hydrogens is 144 g/mol. The van der Waals surface area contributed by atoms with Gasteiger partial charge in [0.05, 0.1) is 5.51 Å². The van der Waals surface area contributed by atoms with Crippen LogP contribution in [0.15, 0.2) is 11.7 Å². The van der Waals surface area contributed by atoms with Crippen LogP contribution < -0.4 is 0 Å². The number of nitrogens with zero attached hydrogens (tertiary/aromatic N) is 2. The third kappa shape index (κ3) is 0.609. The molecule has 2 aromatic rings. The molecule has 0 spiro atoms. The lowest BCUT2D eigenvalue weighted by Crippen LogP contribution is -1.78. The zero-order chi connectivity index (χ0) is 7.14. The van der Waals surface area contributed by atoms with Gasteiger partial charge in [-0.3, -0.25) is 0 Å². The van der Waals surface area contributed by atoms with Crippen LogP contribution in [0, 0.1) is 6.92 Å². The molecule has 0 bridgehead atoms. The van der Waals surface area contributed by atoms with Gasteiger partial charge < -0.3 is 4.57 Å². The van der Waals surface area contributed by atoms with Gasteiger partial charge in [-0.05, 0) is 12.5 Å². The molecule has 2 aromatic heterocycles. The summed E-state index contributed by atoms with van der Waals surface area (Å²) in [5, 5.41) is 0. The third-order valence-electron chi connectivity index (χ3n) is 1.63. The first-order valence-electron chi connectivity index (χ1n) is 3.14. The van der Waals surface area contributed by atoms with Gasteiger partial charge in [0.15, 0.2) is 0 Å². The molecular formula is C7H8N2S. The first-order valence-corrected chi connectivity index (χ1v) is 4.02. The molecule has 3 heteroatoms. The van der Waals surface area contributed by atoms with Crippen molar-refractivity contribution < 1.29 is 0 Å². The van der Waals surface area contributed by atoms with Gasteiger partial charge in [-0.25, -0.2) is 4.98 Å². The summed E-state index contributed by atoms with van der Waals surface area (Å²) < 4.78 is 2.11. The lowest BCUT2D eigenvalue weighted by atomic mass is 10.4. The Hall–Kier alpha value is -0.830. The van der Waals surface area contributed by atoms with Gasteiger partial charge in [0, 0.05) is 13.2 Å². The number of fused-ring (bicyclic) bond motifs is 1. The Labute approximate surface area is 63.1 Å². The lowest BCUT2D eigenvalue weighted by Gasteiger charge is -1.85. The first-order chi connectivity index (χ1) is 4.79. The number of thiazole rings is 1. The molecule has 0 amide bonds. The standard InChI is InChI=1S/C7H8N2S/c1-5-3-9(2)7-6(5)8-4-10-7/h3-4H,1-2H3. The fourth-order valence-electron chi connectivity index (χ4n) is 1.17. The molecule has 0 unspecified atom stereocenters. The van der Waals surface area contributed by atoms with Gasteiger partial charge in [-0.15, -0.1) is 11.3 Å². The maximum absolute atomic E-state index is 4.24. The Morgan fingerprint density at radius 2 is 2.40 bits per heavy atom. The van der Waals surface area contributed by atoms with E-state index >= 15 is 0 Å². The Bertz CT molecular complexity index is 327. The minimum atomic E-state index is 1.15. The van der Waals surface area contributed by atoms with Gasteiger partial charge in [-0.2, -0.15) is 0 Å². The number of aryl methyl sites for hydroxylation is 2. The average Bonchev–Trinajstić information content (AvgIpc) is 2.39. The predicted octanol–water partition coefficient (Wildman–Crippen LogP) is 1.94. The summed E-state index contributed by atoms with van der Waals surface area (Å²) >= 11 is 1.69. The molecule has 0 saturated heterocycles. The summed E-state index contributed by atoms with van der Waals surface area (Å²) in [6.07, 6.45) is 2.11. The number of aromatic nitrogens is 2. The summed E-state index contributed by atoms with van der Waals surface area (Å²) in [7, 11) is 2.05. The number of hydrogen-bond acceptors (Lipinski definition) is 2. The van der Waals surface area contributed by atoms with E-state index in [0.717, 1.165) is 5.52 Å². The summed E-state index contributed by atoms with van der Waals surface area (Å²) in [5.74, 6) is 0. The van der Waals surface area contributed by atoms with Crippen molar-refractivity contribution in [3.8, 4) is 0 Å². The molecule has 52 valence electrons. The van der Waals surface area contributed by atoms with Crippen molar-refractivity contribution in [1.29, 1.82) is 0 Å². The molecule has 0 aliphatic carbocycles. The van der Waals surface area contributed by atoms with E-state index in [9.17, 15) is 0 Å². The molecule has 0 N–H and O–H groups in total. The smallest absolute Gasteiger partial charge is 0.123 e. The Morgan fingerprint density at radius 3 is 3.10 bits per heavy atom. The molecule has 0 fully saturated rings. The highest BCUT2D eigenvalue weighted by molar-refractivity contribution is 7.16. The Balaban J connectivity index is 2.98. The second kappa shape index (κ2) is 1.83. The van der Waals surface area contributed by atoms with Crippen LogP contribution in [0.1, 0.15) is 5.56 Å². The van der Waals surface area contributed by atoms with Crippen molar-refractivity contribution in [3.63, 3.8) is 0 Å². The van der Waals surface area contributed by atoms with Gasteiger partial charge in [0.1, 0.15) is 10.3 Å². The fourth-order valence-corrected chi connectivity index (χ4v) is 1.97. The largest absolute Gasteiger partial charge is 0.341 e. The summed E-state index contributed by atoms with van der Waals surface area (Å²) in [6.45, 7) is 2.09. The minimum Gasteiger partial charge on any atom is -0.341 e. The Kier molecular flexibility index (Phi) is 1.08. The number of rotatable bonds is 0. The molecule has 0 aromatic carbocycles. The quantitative estimate of drug-likeness (QED) is 0.564. The Morgan fingerprint density at radius 1 is 1.60 bits per heavy atom. The maximum Gasteiger partial charge on any atom is 0.123 e. The number of hydrogen-bond donors (Lipinski definition) is 0. The predicted molar refractivity (Wildman–Crippen MR) is 43.3 cm³/mol. The van der Waals surface area contributed by atoms with Crippen LogP contribution in [0.3, 0.4) is 0 Å². The molecule has 2 rings (SSSR count). The molecule has 2 nitrogen and oxygen atoms in total. The molecule has 10 heavy (non-hydrogen) atoms. The van der Waals surface area contributed by atoms with E-state index in [2.05, 4.69) is 22.7 Å². The van der Waals surface area contributed by atoms with Crippen molar-refractivity contribution in [1.82, 2.24) is 9.55 Å². The van der Waals surface area contributed by atoms with Gasteiger partial charge in [0.2, 0.25) is 0 Å². The van der Waals surface area contributed by atoms with Gasteiger partial charge in [0.25, 0.3) is 0 Å². The highest BCUT2D eigenvalue weighted by Crippen LogP contribution is 2.21. The van der Waals surface area contributed by atoms with E-state index in [-0.39, 0.29) is 0 Å².